The first-order valence-corrected chi connectivity index (χ1v) is 10.9. The summed E-state index contributed by atoms with van der Waals surface area (Å²) in [7, 11) is -3.65. The van der Waals surface area contributed by atoms with Gasteiger partial charge in [0, 0.05) is 19.3 Å². The van der Waals surface area contributed by atoms with Gasteiger partial charge < -0.3 is 4.90 Å². The molecule has 7 heteroatoms. The monoisotopic (exact) mass is 366 g/mol. The van der Waals surface area contributed by atoms with Gasteiger partial charge in [0.15, 0.2) is 9.84 Å². The molecule has 1 heterocycles. The van der Waals surface area contributed by atoms with Crippen LogP contribution in [0.1, 0.15) is 51.4 Å². The van der Waals surface area contributed by atoms with Gasteiger partial charge in [0.05, 0.1) is 4.92 Å². The van der Waals surface area contributed by atoms with Crippen molar-refractivity contribution in [1.29, 1.82) is 0 Å². The number of sulfone groups is 1. The molecule has 0 bridgehead atoms. The molecule has 3 rings (SSSR count). The van der Waals surface area contributed by atoms with Crippen LogP contribution in [0.3, 0.4) is 0 Å². The Hall–Kier alpha value is -1.63. The summed E-state index contributed by atoms with van der Waals surface area (Å²) in [5.41, 5.74) is 0.413. The van der Waals surface area contributed by atoms with Crippen molar-refractivity contribution in [2.24, 2.45) is 5.41 Å². The Balaban J connectivity index is 1.99. The predicted molar refractivity (Wildman–Crippen MR) is 97.8 cm³/mol. The third-order valence-corrected chi connectivity index (χ3v) is 6.85. The highest BCUT2D eigenvalue weighted by molar-refractivity contribution is 7.90. The average molecular weight is 366 g/mol. The number of nitro groups is 1. The molecule has 0 aromatic heterocycles. The lowest BCUT2D eigenvalue weighted by atomic mass is 9.74. The minimum atomic E-state index is -3.65. The number of anilines is 1. The zero-order valence-corrected chi connectivity index (χ0v) is 15.6. The number of nitro benzene ring substituents is 1. The molecule has 1 saturated heterocycles. The molecule has 25 heavy (non-hydrogen) atoms. The van der Waals surface area contributed by atoms with E-state index in [9.17, 15) is 18.5 Å². The van der Waals surface area contributed by atoms with Crippen molar-refractivity contribution in [2.45, 2.75) is 56.3 Å². The van der Waals surface area contributed by atoms with Gasteiger partial charge in [0.1, 0.15) is 10.6 Å². The van der Waals surface area contributed by atoms with E-state index in [-0.39, 0.29) is 16.0 Å². The molecule has 1 saturated carbocycles. The van der Waals surface area contributed by atoms with Crippen LogP contribution in [0.15, 0.2) is 23.1 Å². The van der Waals surface area contributed by atoms with Crippen LogP contribution in [0.5, 0.6) is 0 Å². The van der Waals surface area contributed by atoms with Crippen molar-refractivity contribution < 1.29 is 13.3 Å². The maximum absolute atomic E-state index is 12.0. The summed E-state index contributed by atoms with van der Waals surface area (Å²) in [5, 5.41) is 11.7. The summed E-state index contributed by atoms with van der Waals surface area (Å²) in [6, 6.07) is 4.65. The molecule has 1 aromatic rings. The lowest BCUT2D eigenvalue weighted by molar-refractivity contribution is -0.387. The predicted octanol–water partition coefficient (Wildman–Crippen LogP) is 3.94. The van der Waals surface area contributed by atoms with E-state index < -0.39 is 14.8 Å². The third-order valence-electron chi connectivity index (χ3n) is 5.73. The number of benzene rings is 1. The molecule has 0 N–H and O–H groups in total. The lowest BCUT2D eigenvalue weighted by Gasteiger charge is -2.43. The van der Waals surface area contributed by atoms with Crippen molar-refractivity contribution in [2.75, 3.05) is 24.2 Å². The van der Waals surface area contributed by atoms with Gasteiger partial charge in [-0.1, -0.05) is 31.7 Å². The summed E-state index contributed by atoms with van der Waals surface area (Å²) in [6.45, 7) is 1.54. The highest BCUT2D eigenvalue weighted by Crippen LogP contribution is 2.45. The molecule has 0 atom stereocenters. The molecule has 1 aliphatic carbocycles. The highest BCUT2D eigenvalue weighted by atomic mass is 32.2. The number of hydrogen-bond acceptors (Lipinski definition) is 5. The molecular weight excluding hydrogens is 340 g/mol. The molecule has 1 spiro atoms. The van der Waals surface area contributed by atoms with E-state index in [1.54, 1.807) is 12.1 Å². The zero-order valence-electron chi connectivity index (χ0n) is 14.7. The van der Waals surface area contributed by atoms with Crippen LogP contribution >= 0.6 is 0 Å². The Morgan fingerprint density at radius 2 is 1.72 bits per heavy atom. The fraction of sp³-hybridized carbons (Fsp3) is 0.667. The highest BCUT2D eigenvalue weighted by Gasteiger charge is 2.38. The Labute approximate surface area is 149 Å². The van der Waals surface area contributed by atoms with E-state index in [1.807, 2.05) is 0 Å². The number of para-hydroxylation sites is 1. The van der Waals surface area contributed by atoms with Gasteiger partial charge in [-0.25, -0.2) is 8.42 Å². The average Bonchev–Trinajstić information content (AvgIpc) is 2.79. The standard InChI is InChI=1S/C18H26N2O4S/c1-25(23,24)16-9-6-8-15(17(16)20(21)22)19-13-7-12-18(14-19)10-4-2-3-5-11-18/h6,8-9H,2-5,7,10-14H2,1H3. The second kappa shape index (κ2) is 6.94. The topological polar surface area (TPSA) is 80.5 Å². The number of piperidine rings is 1. The number of hydrogen-bond donors (Lipinski definition) is 0. The molecule has 6 nitrogen and oxygen atoms in total. The molecule has 138 valence electrons. The summed E-state index contributed by atoms with van der Waals surface area (Å²) < 4.78 is 24.0. The number of nitrogens with zero attached hydrogens (tertiary/aromatic N) is 2. The first-order chi connectivity index (χ1) is 11.8. The Morgan fingerprint density at radius 3 is 2.32 bits per heavy atom. The summed E-state index contributed by atoms with van der Waals surface area (Å²) >= 11 is 0. The molecule has 1 aromatic carbocycles. The van der Waals surface area contributed by atoms with Crippen molar-refractivity contribution in [3.63, 3.8) is 0 Å². The van der Waals surface area contributed by atoms with Crippen LogP contribution in [-0.2, 0) is 9.84 Å². The van der Waals surface area contributed by atoms with Crippen molar-refractivity contribution in [1.82, 2.24) is 0 Å². The fourth-order valence-electron chi connectivity index (χ4n) is 4.55. The summed E-state index contributed by atoms with van der Waals surface area (Å²) in [4.78, 5) is 13.0. The van der Waals surface area contributed by atoms with Gasteiger partial charge in [0.25, 0.3) is 0 Å². The van der Waals surface area contributed by atoms with Gasteiger partial charge in [-0.2, -0.15) is 0 Å². The first kappa shape index (κ1) is 18.2. The third kappa shape index (κ3) is 3.81. The van der Waals surface area contributed by atoms with Crippen LogP contribution in [0, 0.1) is 15.5 Å². The smallest absolute Gasteiger partial charge is 0.311 e. The maximum Gasteiger partial charge on any atom is 0.311 e. The van der Waals surface area contributed by atoms with Crippen LogP contribution < -0.4 is 4.90 Å². The van der Waals surface area contributed by atoms with E-state index in [4.69, 9.17) is 0 Å². The Morgan fingerprint density at radius 1 is 1.08 bits per heavy atom. The summed E-state index contributed by atoms with van der Waals surface area (Å²) in [5.74, 6) is 0. The lowest BCUT2D eigenvalue weighted by Crippen LogP contribution is -2.43. The van der Waals surface area contributed by atoms with Crippen LogP contribution in [0.25, 0.3) is 0 Å². The van der Waals surface area contributed by atoms with Crippen LogP contribution in [-0.4, -0.2) is 32.7 Å². The van der Waals surface area contributed by atoms with E-state index in [1.165, 1.54) is 51.0 Å². The largest absolute Gasteiger partial charge is 0.365 e. The molecule has 2 fully saturated rings. The molecular formula is C18H26N2O4S. The number of rotatable bonds is 3. The maximum atomic E-state index is 12.0. The minimum Gasteiger partial charge on any atom is -0.365 e. The fourth-order valence-corrected chi connectivity index (χ4v) is 5.40. The van der Waals surface area contributed by atoms with Gasteiger partial charge in [-0.05, 0) is 43.2 Å². The van der Waals surface area contributed by atoms with E-state index in [2.05, 4.69) is 4.90 Å². The molecule has 2 aliphatic rings. The minimum absolute atomic E-state index is 0.185. The SMILES string of the molecule is CS(=O)(=O)c1cccc(N2CCCC3(CCCCCC3)C2)c1[N+](=O)[O-]. The second-order valence-corrected chi connectivity index (χ2v) is 9.58. The molecule has 0 radical (unpaired) electrons. The van der Waals surface area contributed by atoms with Gasteiger partial charge in [-0.15, -0.1) is 0 Å². The van der Waals surface area contributed by atoms with Gasteiger partial charge in [-0.3, -0.25) is 10.1 Å². The van der Waals surface area contributed by atoms with Crippen LogP contribution in [0.2, 0.25) is 0 Å². The Bertz CT molecular complexity index is 752. The van der Waals surface area contributed by atoms with E-state index >= 15 is 0 Å². The second-order valence-electron chi connectivity index (χ2n) is 7.59. The van der Waals surface area contributed by atoms with Crippen molar-refractivity contribution in [3.05, 3.63) is 28.3 Å². The quantitative estimate of drug-likeness (QED) is 0.598. The van der Waals surface area contributed by atoms with E-state index in [0.29, 0.717) is 5.69 Å². The molecule has 1 aliphatic heterocycles. The van der Waals surface area contributed by atoms with E-state index in [0.717, 1.165) is 25.8 Å². The zero-order chi connectivity index (χ0) is 18.1. The Kier molecular flexibility index (Phi) is 5.04. The van der Waals surface area contributed by atoms with Crippen molar-refractivity contribution in [3.8, 4) is 0 Å². The first-order valence-electron chi connectivity index (χ1n) is 9.05. The van der Waals surface area contributed by atoms with Crippen molar-refractivity contribution >= 4 is 21.2 Å². The van der Waals surface area contributed by atoms with Gasteiger partial charge in [0.2, 0.25) is 0 Å². The van der Waals surface area contributed by atoms with Gasteiger partial charge >= 0.3 is 5.69 Å². The normalized spacial score (nSPS) is 21.1. The van der Waals surface area contributed by atoms with Crippen LogP contribution in [0.4, 0.5) is 11.4 Å². The molecule has 0 amide bonds. The molecule has 0 unspecified atom stereocenters. The summed E-state index contributed by atoms with van der Waals surface area (Å²) in [6.07, 6.45) is 10.5.